The summed E-state index contributed by atoms with van der Waals surface area (Å²) in [5, 5.41) is 6.05. The Labute approximate surface area is 234 Å². The highest BCUT2D eigenvalue weighted by Crippen LogP contribution is 2.47. The van der Waals surface area contributed by atoms with Crippen molar-refractivity contribution in [2.24, 2.45) is 5.41 Å². The number of pyridine rings is 2. The monoisotopic (exact) mass is 547 g/mol. The maximum Gasteiger partial charge on any atom is 0.410 e. The second kappa shape index (κ2) is 10.7. The normalized spacial score (nSPS) is 16.3. The average molecular weight is 548 g/mol. The molecule has 0 saturated carbocycles. The van der Waals surface area contributed by atoms with E-state index >= 15 is 0 Å². The zero-order valence-electron chi connectivity index (χ0n) is 23.7. The van der Waals surface area contributed by atoms with Gasteiger partial charge in [-0.15, -0.1) is 0 Å². The zero-order valence-corrected chi connectivity index (χ0v) is 23.7. The van der Waals surface area contributed by atoms with Crippen molar-refractivity contribution in [2.45, 2.75) is 39.2 Å². The number of H-pyrrole nitrogens is 1. The zero-order chi connectivity index (χ0) is 28.5. The summed E-state index contributed by atoms with van der Waals surface area (Å²) < 4.78 is 11.4. The fourth-order valence-electron chi connectivity index (χ4n) is 5.36. The molecule has 0 unspecified atom stereocenters. The molecule has 0 atom stereocenters. The molecule has 2 aliphatic rings. The van der Waals surface area contributed by atoms with Gasteiger partial charge in [0, 0.05) is 51.0 Å². The molecule has 40 heavy (non-hydrogen) atoms. The van der Waals surface area contributed by atoms with Crippen molar-refractivity contribution < 1.29 is 19.1 Å². The number of amides is 2. The van der Waals surface area contributed by atoms with E-state index in [1.54, 1.807) is 26.6 Å². The molecule has 11 heteroatoms. The Bertz CT molecular complexity index is 1370. The smallest absolute Gasteiger partial charge is 0.410 e. The molecule has 2 amide bonds. The number of hydrogen-bond acceptors (Lipinski definition) is 8. The highest BCUT2D eigenvalue weighted by atomic mass is 16.6. The van der Waals surface area contributed by atoms with Crippen molar-refractivity contribution in [2.75, 3.05) is 50.6 Å². The summed E-state index contributed by atoms with van der Waals surface area (Å²) in [4.78, 5) is 41.3. The van der Waals surface area contributed by atoms with E-state index in [2.05, 4.69) is 30.5 Å². The average Bonchev–Trinajstić information content (AvgIpc) is 3.45. The van der Waals surface area contributed by atoms with Crippen LogP contribution >= 0.6 is 0 Å². The third kappa shape index (κ3) is 5.54. The van der Waals surface area contributed by atoms with E-state index in [-0.39, 0.29) is 17.4 Å². The number of aromatic amines is 1. The van der Waals surface area contributed by atoms with Gasteiger partial charge in [-0.05, 0) is 51.8 Å². The summed E-state index contributed by atoms with van der Waals surface area (Å²) in [6.45, 7) is 8.75. The van der Waals surface area contributed by atoms with E-state index in [1.165, 1.54) is 0 Å². The van der Waals surface area contributed by atoms with Gasteiger partial charge in [0.25, 0.3) is 5.91 Å². The fourth-order valence-corrected chi connectivity index (χ4v) is 5.36. The number of nitrogens with zero attached hydrogens (tertiary/aromatic N) is 4. The van der Waals surface area contributed by atoms with E-state index in [0.29, 0.717) is 41.5 Å². The molecule has 5 heterocycles. The molecule has 0 aromatic carbocycles. The molecule has 0 aliphatic carbocycles. The lowest BCUT2D eigenvalue weighted by atomic mass is 9.72. The lowest BCUT2D eigenvalue weighted by Gasteiger charge is -2.55. The first-order valence-electron chi connectivity index (χ1n) is 13.5. The van der Waals surface area contributed by atoms with Crippen molar-refractivity contribution >= 4 is 29.1 Å². The van der Waals surface area contributed by atoms with Gasteiger partial charge < -0.3 is 34.9 Å². The number of nitrogens with one attached hydrogen (secondary N) is 3. The number of carbonyl (C=O) groups is 2. The van der Waals surface area contributed by atoms with Gasteiger partial charge in [0.15, 0.2) is 5.75 Å². The maximum atomic E-state index is 12.6. The molecule has 0 bridgehead atoms. The van der Waals surface area contributed by atoms with Gasteiger partial charge in [-0.1, -0.05) is 0 Å². The van der Waals surface area contributed by atoms with E-state index in [4.69, 9.17) is 9.47 Å². The van der Waals surface area contributed by atoms with Crippen LogP contribution in [0.2, 0.25) is 0 Å². The van der Waals surface area contributed by atoms with E-state index in [0.717, 1.165) is 37.3 Å². The van der Waals surface area contributed by atoms with E-state index < -0.39 is 5.60 Å². The van der Waals surface area contributed by atoms with Gasteiger partial charge >= 0.3 is 6.09 Å². The molecule has 2 saturated heterocycles. The minimum absolute atomic E-state index is 0.148. The molecule has 3 N–H and O–H groups in total. The molecule has 3 aromatic rings. The molecule has 3 aromatic heterocycles. The molecule has 212 valence electrons. The lowest BCUT2D eigenvalue weighted by Crippen LogP contribution is -2.61. The van der Waals surface area contributed by atoms with Crippen LogP contribution in [0.5, 0.6) is 5.75 Å². The second-order valence-corrected chi connectivity index (χ2v) is 11.5. The van der Waals surface area contributed by atoms with Crippen LogP contribution in [0.4, 0.5) is 21.9 Å². The number of hydrogen-bond donors (Lipinski definition) is 3. The summed E-state index contributed by atoms with van der Waals surface area (Å²) in [6.07, 6.45) is 8.49. The van der Waals surface area contributed by atoms with Crippen LogP contribution < -0.4 is 20.3 Å². The summed E-state index contributed by atoms with van der Waals surface area (Å²) in [5.41, 5.74) is 3.72. The van der Waals surface area contributed by atoms with Crippen LogP contribution in [0.1, 0.15) is 44.0 Å². The van der Waals surface area contributed by atoms with E-state index in [1.807, 2.05) is 56.3 Å². The number of rotatable bonds is 6. The first-order valence-corrected chi connectivity index (χ1v) is 13.5. The number of methoxy groups -OCH3 is 1. The summed E-state index contributed by atoms with van der Waals surface area (Å²) >= 11 is 0. The Balaban J connectivity index is 1.32. The minimum atomic E-state index is -0.497. The highest BCUT2D eigenvalue weighted by Gasteiger charge is 2.46. The summed E-state index contributed by atoms with van der Waals surface area (Å²) in [6, 6.07) is 5.65. The number of ether oxygens (including phenoxy) is 2. The van der Waals surface area contributed by atoms with Crippen LogP contribution in [0.25, 0.3) is 11.4 Å². The second-order valence-electron chi connectivity index (χ2n) is 11.5. The van der Waals surface area contributed by atoms with Crippen LogP contribution in [0, 0.1) is 5.41 Å². The van der Waals surface area contributed by atoms with Crippen LogP contribution in [-0.4, -0.2) is 77.8 Å². The topological polar surface area (TPSA) is 125 Å². The molecule has 2 fully saturated rings. The largest absolute Gasteiger partial charge is 0.492 e. The van der Waals surface area contributed by atoms with Gasteiger partial charge in [0.1, 0.15) is 17.0 Å². The first kappa shape index (κ1) is 27.3. The van der Waals surface area contributed by atoms with E-state index in [9.17, 15) is 9.59 Å². The van der Waals surface area contributed by atoms with Gasteiger partial charge in [-0.2, -0.15) is 0 Å². The van der Waals surface area contributed by atoms with Crippen LogP contribution in [0.15, 0.2) is 43.0 Å². The Morgan fingerprint density at radius 3 is 2.48 bits per heavy atom. The van der Waals surface area contributed by atoms with Gasteiger partial charge in [0.05, 0.1) is 42.1 Å². The SMILES string of the molecule is CNC(=O)c1cnc(-c2ccc[nH]2)cc1Nc1cncc(N2CC3(CCN(C(=O)OC(C)(C)C)CC3)C2)c1OC. The van der Waals surface area contributed by atoms with Crippen molar-refractivity contribution in [3.63, 3.8) is 0 Å². The van der Waals surface area contributed by atoms with Crippen LogP contribution in [-0.2, 0) is 4.74 Å². The molecule has 2 aliphatic heterocycles. The molecular formula is C29H37N7O4. The third-order valence-electron chi connectivity index (χ3n) is 7.47. The van der Waals surface area contributed by atoms with Crippen molar-refractivity contribution in [3.8, 4) is 17.1 Å². The fraction of sp³-hybridized carbons (Fsp3) is 0.448. The number of aromatic nitrogens is 3. The van der Waals surface area contributed by atoms with Crippen molar-refractivity contribution in [1.82, 2.24) is 25.2 Å². The molecule has 5 rings (SSSR count). The number of likely N-dealkylation sites (tertiary alicyclic amines) is 1. The minimum Gasteiger partial charge on any atom is -0.492 e. The standard InChI is InChI=1S/C29H37N7O4/c1-28(2,3)40-27(38)35-11-8-29(9-12-35)17-36(18-29)24-16-31-15-23(25(24)39-5)34-21-13-22(20-7-6-10-32-20)33-14-19(21)26(37)30-4/h6-7,10,13-16,32H,8-9,11-12,17-18H2,1-5H3,(H,30,37)(H,33,34). The maximum absolute atomic E-state index is 12.6. The predicted molar refractivity (Wildman–Crippen MR) is 153 cm³/mol. The Kier molecular flexibility index (Phi) is 7.31. The summed E-state index contributed by atoms with van der Waals surface area (Å²) in [7, 11) is 3.22. The lowest BCUT2D eigenvalue weighted by molar-refractivity contribution is 0.00594. The molecule has 1 spiro atoms. The van der Waals surface area contributed by atoms with Crippen molar-refractivity contribution in [1.29, 1.82) is 0 Å². The number of piperidine rings is 1. The van der Waals surface area contributed by atoms with Crippen LogP contribution in [0.3, 0.4) is 0 Å². The molecular weight excluding hydrogens is 510 g/mol. The van der Waals surface area contributed by atoms with Gasteiger partial charge in [-0.3, -0.25) is 14.8 Å². The number of anilines is 3. The highest BCUT2D eigenvalue weighted by molar-refractivity contribution is 6.00. The Hall–Kier alpha value is -4.28. The van der Waals surface area contributed by atoms with Gasteiger partial charge in [0.2, 0.25) is 0 Å². The third-order valence-corrected chi connectivity index (χ3v) is 7.47. The number of carbonyl (C=O) groups excluding carboxylic acids is 2. The Morgan fingerprint density at radius 1 is 1.10 bits per heavy atom. The summed E-state index contributed by atoms with van der Waals surface area (Å²) in [5.74, 6) is 0.399. The van der Waals surface area contributed by atoms with Crippen molar-refractivity contribution in [3.05, 3.63) is 48.5 Å². The quantitative estimate of drug-likeness (QED) is 0.414. The Morgan fingerprint density at radius 2 is 1.85 bits per heavy atom. The van der Waals surface area contributed by atoms with Gasteiger partial charge in [-0.25, -0.2) is 4.79 Å². The molecule has 11 nitrogen and oxygen atoms in total. The first-order chi connectivity index (χ1) is 19.1. The molecule has 0 radical (unpaired) electrons. The predicted octanol–water partition coefficient (Wildman–Crippen LogP) is 4.42.